The van der Waals surface area contributed by atoms with Gasteiger partial charge in [0, 0.05) is 25.3 Å². The van der Waals surface area contributed by atoms with Gasteiger partial charge in [0.1, 0.15) is 0 Å². The number of amides is 1. The van der Waals surface area contributed by atoms with Crippen LogP contribution in [-0.4, -0.2) is 43.2 Å². The van der Waals surface area contributed by atoms with Gasteiger partial charge in [0.25, 0.3) is 5.91 Å². The first-order valence-electron chi connectivity index (χ1n) is 9.50. The fraction of sp³-hybridized carbons (Fsp3) is 0.409. The van der Waals surface area contributed by atoms with Gasteiger partial charge in [-0.25, -0.2) is 0 Å². The topological polar surface area (TPSA) is 55.6 Å². The number of hydrogen-bond acceptors (Lipinski definition) is 3. The fourth-order valence-electron chi connectivity index (χ4n) is 3.43. The van der Waals surface area contributed by atoms with Gasteiger partial charge in [0.2, 0.25) is 0 Å². The SMILES string of the molecule is NCCCOC1CCN(C(=O)c2ccccc2Cc2ccccc2)CC1. The summed E-state index contributed by atoms with van der Waals surface area (Å²) in [6.07, 6.45) is 3.73. The number of carbonyl (C=O) groups is 1. The average molecular weight is 352 g/mol. The molecule has 2 aromatic carbocycles. The van der Waals surface area contributed by atoms with Gasteiger partial charge in [-0.2, -0.15) is 0 Å². The molecule has 0 spiro atoms. The van der Waals surface area contributed by atoms with E-state index < -0.39 is 0 Å². The Bertz CT molecular complexity index is 694. The van der Waals surface area contributed by atoms with Gasteiger partial charge >= 0.3 is 0 Å². The minimum atomic E-state index is 0.136. The summed E-state index contributed by atoms with van der Waals surface area (Å²) in [4.78, 5) is 15.0. The standard InChI is InChI=1S/C22H28N2O2/c23-13-6-16-26-20-11-14-24(15-12-20)22(25)21-10-5-4-9-19(21)17-18-7-2-1-3-8-18/h1-5,7-10,20H,6,11-17,23H2. The Kier molecular flexibility index (Phi) is 6.81. The third kappa shape index (κ3) is 4.93. The van der Waals surface area contributed by atoms with Gasteiger partial charge in [0.15, 0.2) is 0 Å². The molecule has 1 saturated heterocycles. The summed E-state index contributed by atoms with van der Waals surface area (Å²) >= 11 is 0. The zero-order valence-electron chi connectivity index (χ0n) is 15.3. The number of nitrogens with zero attached hydrogens (tertiary/aromatic N) is 1. The molecule has 0 unspecified atom stereocenters. The molecule has 0 aromatic heterocycles. The molecule has 0 bridgehead atoms. The number of hydrogen-bond donors (Lipinski definition) is 1. The molecule has 138 valence electrons. The summed E-state index contributed by atoms with van der Waals surface area (Å²) in [6, 6.07) is 18.3. The zero-order valence-corrected chi connectivity index (χ0v) is 15.3. The minimum absolute atomic E-state index is 0.136. The van der Waals surface area contributed by atoms with E-state index in [4.69, 9.17) is 10.5 Å². The van der Waals surface area contributed by atoms with Crippen LogP contribution in [0.15, 0.2) is 54.6 Å². The third-order valence-corrected chi connectivity index (χ3v) is 4.92. The Morgan fingerprint density at radius 2 is 1.73 bits per heavy atom. The Hall–Kier alpha value is -2.17. The predicted molar refractivity (Wildman–Crippen MR) is 104 cm³/mol. The molecule has 0 radical (unpaired) electrons. The number of piperidine rings is 1. The van der Waals surface area contributed by atoms with E-state index in [-0.39, 0.29) is 12.0 Å². The second-order valence-corrected chi connectivity index (χ2v) is 6.82. The molecule has 1 aliphatic rings. The minimum Gasteiger partial charge on any atom is -0.378 e. The maximum atomic E-state index is 13.0. The maximum absolute atomic E-state index is 13.0. The summed E-state index contributed by atoms with van der Waals surface area (Å²) in [5.74, 6) is 0.136. The summed E-state index contributed by atoms with van der Waals surface area (Å²) in [5.41, 5.74) is 8.64. The molecule has 0 aliphatic carbocycles. The number of rotatable bonds is 7. The highest BCUT2D eigenvalue weighted by molar-refractivity contribution is 5.95. The van der Waals surface area contributed by atoms with Crippen molar-refractivity contribution in [3.63, 3.8) is 0 Å². The van der Waals surface area contributed by atoms with Crippen LogP contribution < -0.4 is 5.73 Å². The van der Waals surface area contributed by atoms with Crippen molar-refractivity contribution in [3.05, 3.63) is 71.3 Å². The molecule has 2 N–H and O–H groups in total. The molecule has 0 saturated carbocycles. The van der Waals surface area contributed by atoms with Crippen molar-refractivity contribution in [2.75, 3.05) is 26.2 Å². The van der Waals surface area contributed by atoms with E-state index in [0.29, 0.717) is 6.54 Å². The molecule has 4 nitrogen and oxygen atoms in total. The van der Waals surface area contributed by atoms with E-state index >= 15 is 0 Å². The molecular weight excluding hydrogens is 324 g/mol. The number of likely N-dealkylation sites (tertiary alicyclic amines) is 1. The molecule has 1 fully saturated rings. The van der Waals surface area contributed by atoms with Gasteiger partial charge in [-0.3, -0.25) is 4.79 Å². The second-order valence-electron chi connectivity index (χ2n) is 6.82. The summed E-state index contributed by atoms with van der Waals surface area (Å²) in [5, 5.41) is 0. The lowest BCUT2D eigenvalue weighted by Crippen LogP contribution is -2.41. The lowest BCUT2D eigenvalue weighted by Gasteiger charge is -2.32. The summed E-state index contributed by atoms with van der Waals surface area (Å²) in [6.45, 7) is 2.89. The molecule has 4 heteroatoms. The van der Waals surface area contributed by atoms with E-state index in [0.717, 1.165) is 56.5 Å². The highest BCUT2D eigenvalue weighted by atomic mass is 16.5. The first-order valence-corrected chi connectivity index (χ1v) is 9.50. The van der Waals surface area contributed by atoms with Crippen LogP contribution in [0.1, 0.15) is 40.7 Å². The third-order valence-electron chi connectivity index (χ3n) is 4.92. The lowest BCUT2D eigenvalue weighted by molar-refractivity contribution is 0.00842. The molecule has 0 atom stereocenters. The van der Waals surface area contributed by atoms with E-state index in [1.54, 1.807) is 0 Å². The Morgan fingerprint density at radius 1 is 1.04 bits per heavy atom. The quantitative estimate of drug-likeness (QED) is 0.778. The van der Waals surface area contributed by atoms with E-state index in [9.17, 15) is 4.79 Å². The number of ether oxygens (including phenoxy) is 1. The first-order chi connectivity index (χ1) is 12.8. The largest absolute Gasteiger partial charge is 0.378 e. The Morgan fingerprint density at radius 3 is 2.46 bits per heavy atom. The highest BCUT2D eigenvalue weighted by Crippen LogP contribution is 2.20. The van der Waals surface area contributed by atoms with Gasteiger partial charge in [-0.05, 0) is 49.4 Å². The zero-order chi connectivity index (χ0) is 18.2. The van der Waals surface area contributed by atoms with Crippen LogP contribution >= 0.6 is 0 Å². The number of carbonyl (C=O) groups excluding carboxylic acids is 1. The summed E-state index contributed by atoms with van der Waals surface area (Å²) in [7, 11) is 0. The van der Waals surface area contributed by atoms with E-state index in [1.807, 2.05) is 41.3 Å². The summed E-state index contributed by atoms with van der Waals surface area (Å²) < 4.78 is 5.84. The van der Waals surface area contributed by atoms with Crippen molar-refractivity contribution in [2.24, 2.45) is 5.73 Å². The van der Waals surface area contributed by atoms with Crippen LogP contribution in [0.3, 0.4) is 0 Å². The van der Waals surface area contributed by atoms with Crippen LogP contribution in [-0.2, 0) is 11.2 Å². The van der Waals surface area contributed by atoms with Gasteiger partial charge < -0.3 is 15.4 Å². The van der Waals surface area contributed by atoms with Crippen LogP contribution in [0.25, 0.3) is 0 Å². The Labute approximate surface area is 156 Å². The van der Waals surface area contributed by atoms with Crippen molar-refractivity contribution >= 4 is 5.91 Å². The Balaban J connectivity index is 1.62. The monoisotopic (exact) mass is 352 g/mol. The van der Waals surface area contributed by atoms with E-state index in [1.165, 1.54) is 5.56 Å². The van der Waals surface area contributed by atoms with Crippen molar-refractivity contribution in [1.82, 2.24) is 4.90 Å². The highest BCUT2D eigenvalue weighted by Gasteiger charge is 2.25. The van der Waals surface area contributed by atoms with Gasteiger partial charge in [0.05, 0.1) is 6.10 Å². The van der Waals surface area contributed by atoms with Crippen molar-refractivity contribution in [3.8, 4) is 0 Å². The van der Waals surface area contributed by atoms with Gasteiger partial charge in [-0.1, -0.05) is 48.5 Å². The molecule has 3 rings (SSSR count). The molecule has 2 aromatic rings. The molecule has 1 amide bonds. The fourth-order valence-corrected chi connectivity index (χ4v) is 3.43. The predicted octanol–water partition coefficient (Wildman–Crippen LogP) is 3.25. The van der Waals surface area contributed by atoms with Crippen LogP contribution in [0.2, 0.25) is 0 Å². The van der Waals surface area contributed by atoms with Gasteiger partial charge in [-0.15, -0.1) is 0 Å². The average Bonchev–Trinajstić information content (AvgIpc) is 2.69. The van der Waals surface area contributed by atoms with Crippen molar-refractivity contribution in [1.29, 1.82) is 0 Å². The van der Waals surface area contributed by atoms with Crippen LogP contribution in [0.4, 0.5) is 0 Å². The normalized spacial score (nSPS) is 15.2. The molecule has 26 heavy (non-hydrogen) atoms. The number of benzene rings is 2. The van der Waals surface area contributed by atoms with E-state index in [2.05, 4.69) is 18.2 Å². The number of nitrogens with two attached hydrogens (primary N) is 1. The molecular formula is C22H28N2O2. The van der Waals surface area contributed by atoms with Crippen LogP contribution in [0, 0.1) is 0 Å². The maximum Gasteiger partial charge on any atom is 0.254 e. The van der Waals surface area contributed by atoms with Crippen molar-refractivity contribution in [2.45, 2.75) is 31.8 Å². The first kappa shape index (κ1) is 18.6. The van der Waals surface area contributed by atoms with Crippen molar-refractivity contribution < 1.29 is 9.53 Å². The molecule has 1 heterocycles. The second kappa shape index (κ2) is 9.51. The smallest absolute Gasteiger partial charge is 0.254 e. The lowest BCUT2D eigenvalue weighted by atomic mass is 9.98. The van der Waals surface area contributed by atoms with Crippen LogP contribution in [0.5, 0.6) is 0 Å². The molecule has 1 aliphatic heterocycles.